The second-order valence-electron chi connectivity index (χ2n) is 4.16. The van der Waals surface area contributed by atoms with Crippen molar-refractivity contribution in [2.24, 2.45) is 0 Å². The maximum absolute atomic E-state index is 9.84. The van der Waals surface area contributed by atoms with Crippen LogP contribution in [0.15, 0.2) is 12.1 Å². The van der Waals surface area contributed by atoms with Crippen molar-refractivity contribution >= 4 is 5.82 Å². The molecule has 0 fully saturated rings. The lowest BCUT2D eigenvalue weighted by atomic mass is 10.0. The van der Waals surface area contributed by atoms with E-state index >= 15 is 0 Å². The van der Waals surface area contributed by atoms with Crippen LogP contribution in [0.3, 0.4) is 0 Å². The number of nitrogens with one attached hydrogen (secondary N) is 1. The molecule has 86 valence electrons. The normalized spacial score (nSPS) is 13.9. The van der Waals surface area contributed by atoms with Gasteiger partial charge in [0.05, 0.1) is 11.2 Å². The summed E-state index contributed by atoms with van der Waals surface area (Å²) in [6, 6.07) is 5.59. The predicted molar refractivity (Wildman–Crippen MR) is 63.1 cm³/mol. The number of aryl methyl sites for hydroxylation is 1. The van der Waals surface area contributed by atoms with Gasteiger partial charge in [0.1, 0.15) is 11.9 Å². The lowest BCUT2D eigenvalue weighted by Gasteiger charge is -2.22. The van der Waals surface area contributed by atoms with Crippen LogP contribution in [0.2, 0.25) is 0 Å². The Morgan fingerprint density at radius 3 is 2.81 bits per heavy atom. The lowest BCUT2D eigenvalue weighted by molar-refractivity contribution is 0.0696. The van der Waals surface area contributed by atoms with Crippen LogP contribution in [-0.4, -0.2) is 22.2 Å². The number of nitrogens with zero attached hydrogens (tertiary/aromatic N) is 2. The summed E-state index contributed by atoms with van der Waals surface area (Å²) in [5.74, 6) is 0.538. The summed E-state index contributed by atoms with van der Waals surface area (Å²) >= 11 is 0. The van der Waals surface area contributed by atoms with E-state index < -0.39 is 5.60 Å². The summed E-state index contributed by atoms with van der Waals surface area (Å²) in [7, 11) is 0. The van der Waals surface area contributed by atoms with Gasteiger partial charge in [0.25, 0.3) is 0 Å². The smallest absolute Gasteiger partial charge is 0.144 e. The van der Waals surface area contributed by atoms with Gasteiger partial charge in [-0.15, -0.1) is 0 Å². The molecule has 0 aliphatic heterocycles. The molecule has 1 rings (SSSR count). The van der Waals surface area contributed by atoms with Gasteiger partial charge in [-0.2, -0.15) is 5.26 Å². The zero-order chi connectivity index (χ0) is 12.2. The zero-order valence-corrected chi connectivity index (χ0v) is 9.91. The molecule has 0 spiro atoms. The van der Waals surface area contributed by atoms with Gasteiger partial charge in [-0.25, -0.2) is 4.98 Å². The predicted octanol–water partition coefficient (Wildman–Crippen LogP) is 1.83. The van der Waals surface area contributed by atoms with Gasteiger partial charge in [0.2, 0.25) is 0 Å². The monoisotopic (exact) mass is 219 g/mol. The van der Waals surface area contributed by atoms with E-state index in [2.05, 4.69) is 16.4 Å². The average Bonchev–Trinajstić information content (AvgIpc) is 2.27. The van der Waals surface area contributed by atoms with Crippen molar-refractivity contribution in [3.8, 4) is 6.07 Å². The van der Waals surface area contributed by atoms with E-state index in [4.69, 9.17) is 5.26 Å². The highest BCUT2D eigenvalue weighted by Gasteiger charge is 2.17. The van der Waals surface area contributed by atoms with Gasteiger partial charge in [0.15, 0.2) is 0 Å². The summed E-state index contributed by atoms with van der Waals surface area (Å²) < 4.78 is 0. The highest BCUT2D eigenvalue weighted by Crippen LogP contribution is 2.15. The first-order chi connectivity index (χ1) is 7.48. The Morgan fingerprint density at radius 2 is 2.25 bits per heavy atom. The summed E-state index contributed by atoms with van der Waals surface area (Å²) in [6.45, 7) is 5.91. The summed E-state index contributed by atoms with van der Waals surface area (Å²) in [4.78, 5) is 4.24. The van der Waals surface area contributed by atoms with Crippen LogP contribution < -0.4 is 5.32 Å². The minimum Gasteiger partial charge on any atom is -0.388 e. The lowest BCUT2D eigenvalue weighted by Crippen LogP contribution is -2.32. The molecule has 1 atom stereocenters. The van der Waals surface area contributed by atoms with Gasteiger partial charge in [0, 0.05) is 12.2 Å². The molecular weight excluding hydrogens is 202 g/mol. The number of anilines is 1. The van der Waals surface area contributed by atoms with Gasteiger partial charge in [-0.05, 0) is 32.4 Å². The second kappa shape index (κ2) is 4.95. The van der Waals surface area contributed by atoms with Gasteiger partial charge < -0.3 is 10.4 Å². The first-order valence-electron chi connectivity index (χ1n) is 5.32. The fraction of sp³-hybridized carbons (Fsp3) is 0.500. The maximum atomic E-state index is 9.84. The SMILES string of the molecule is CCC(C)(O)CNc1nc(C)ccc1C#N. The molecule has 0 aromatic carbocycles. The van der Waals surface area contributed by atoms with Gasteiger partial charge >= 0.3 is 0 Å². The molecule has 0 saturated carbocycles. The minimum absolute atomic E-state index is 0.384. The van der Waals surface area contributed by atoms with Crippen molar-refractivity contribution in [3.05, 3.63) is 23.4 Å². The third-order valence-corrected chi connectivity index (χ3v) is 2.55. The Labute approximate surface area is 95.9 Å². The Morgan fingerprint density at radius 1 is 1.56 bits per heavy atom. The number of aromatic nitrogens is 1. The Hall–Kier alpha value is -1.60. The van der Waals surface area contributed by atoms with Crippen LogP contribution in [-0.2, 0) is 0 Å². The first-order valence-corrected chi connectivity index (χ1v) is 5.32. The highest BCUT2D eigenvalue weighted by molar-refractivity contribution is 5.52. The molecule has 16 heavy (non-hydrogen) atoms. The number of hydrogen-bond acceptors (Lipinski definition) is 4. The number of hydrogen-bond donors (Lipinski definition) is 2. The molecule has 4 nitrogen and oxygen atoms in total. The molecule has 1 aromatic rings. The third-order valence-electron chi connectivity index (χ3n) is 2.55. The van der Waals surface area contributed by atoms with Crippen LogP contribution in [0, 0.1) is 18.3 Å². The van der Waals surface area contributed by atoms with Crippen molar-refractivity contribution < 1.29 is 5.11 Å². The van der Waals surface area contributed by atoms with Crippen molar-refractivity contribution in [1.29, 1.82) is 5.26 Å². The number of rotatable bonds is 4. The molecule has 1 heterocycles. The van der Waals surface area contributed by atoms with Crippen molar-refractivity contribution in [3.63, 3.8) is 0 Å². The second-order valence-corrected chi connectivity index (χ2v) is 4.16. The fourth-order valence-electron chi connectivity index (χ4n) is 1.18. The standard InChI is InChI=1S/C12H17N3O/c1-4-12(3,16)8-14-11-10(7-13)6-5-9(2)15-11/h5-6,16H,4,8H2,1-3H3,(H,14,15). The highest BCUT2D eigenvalue weighted by atomic mass is 16.3. The van der Waals surface area contributed by atoms with Crippen LogP contribution >= 0.6 is 0 Å². The van der Waals surface area contributed by atoms with Crippen LogP contribution in [0.1, 0.15) is 31.5 Å². The van der Waals surface area contributed by atoms with Gasteiger partial charge in [-0.3, -0.25) is 0 Å². The largest absolute Gasteiger partial charge is 0.388 e. The van der Waals surface area contributed by atoms with E-state index in [1.165, 1.54) is 0 Å². The summed E-state index contributed by atoms with van der Waals surface area (Å²) in [5, 5.41) is 21.8. The Balaban J connectivity index is 2.81. The van der Waals surface area contributed by atoms with Crippen LogP contribution in [0.4, 0.5) is 5.82 Å². The van der Waals surface area contributed by atoms with E-state index in [0.29, 0.717) is 24.3 Å². The molecule has 0 amide bonds. The van der Waals surface area contributed by atoms with Gasteiger partial charge in [-0.1, -0.05) is 6.92 Å². The first kappa shape index (κ1) is 12.5. The topological polar surface area (TPSA) is 68.9 Å². The van der Waals surface area contributed by atoms with Crippen LogP contribution in [0.5, 0.6) is 0 Å². The van der Waals surface area contributed by atoms with Crippen molar-refractivity contribution in [2.45, 2.75) is 32.8 Å². The zero-order valence-electron chi connectivity index (χ0n) is 9.91. The number of pyridine rings is 1. The molecule has 1 unspecified atom stereocenters. The maximum Gasteiger partial charge on any atom is 0.144 e. The molecule has 0 bridgehead atoms. The van der Waals surface area contributed by atoms with E-state index in [-0.39, 0.29) is 0 Å². The molecule has 0 radical (unpaired) electrons. The number of aliphatic hydroxyl groups is 1. The third kappa shape index (κ3) is 3.21. The van der Waals surface area contributed by atoms with E-state index in [1.807, 2.05) is 13.8 Å². The molecule has 1 aromatic heterocycles. The van der Waals surface area contributed by atoms with Crippen LogP contribution in [0.25, 0.3) is 0 Å². The van der Waals surface area contributed by atoms with E-state index in [0.717, 1.165) is 5.69 Å². The molecule has 4 heteroatoms. The molecule has 2 N–H and O–H groups in total. The summed E-state index contributed by atoms with van der Waals surface area (Å²) in [6.07, 6.45) is 0.647. The molecular formula is C12H17N3O. The quantitative estimate of drug-likeness (QED) is 0.810. The van der Waals surface area contributed by atoms with Crippen molar-refractivity contribution in [1.82, 2.24) is 4.98 Å². The number of nitriles is 1. The van der Waals surface area contributed by atoms with Crippen molar-refractivity contribution in [2.75, 3.05) is 11.9 Å². The fourth-order valence-corrected chi connectivity index (χ4v) is 1.18. The Kier molecular flexibility index (Phi) is 3.86. The molecule has 0 aliphatic carbocycles. The van der Waals surface area contributed by atoms with E-state index in [9.17, 15) is 5.11 Å². The van der Waals surface area contributed by atoms with E-state index in [1.54, 1.807) is 19.1 Å². The molecule has 0 saturated heterocycles. The average molecular weight is 219 g/mol. The molecule has 0 aliphatic rings. The minimum atomic E-state index is -0.780. The summed E-state index contributed by atoms with van der Waals surface area (Å²) in [5.41, 5.74) is 0.563. The Bertz CT molecular complexity index is 407.